The summed E-state index contributed by atoms with van der Waals surface area (Å²) in [5, 5.41) is 19.3. The van der Waals surface area contributed by atoms with Gasteiger partial charge in [0.15, 0.2) is 17.3 Å². The van der Waals surface area contributed by atoms with E-state index in [1.807, 2.05) is 0 Å². The van der Waals surface area contributed by atoms with Crippen LogP contribution in [0.3, 0.4) is 0 Å². The van der Waals surface area contributed by atoms with Gasteiger partial charge < -0.3 is 14.9 Å². The summed E-state index contributed by atoms with van der Waals surface area (Å²) < 4.78 is 19.1. The highest BCUT2D eigenvalue weighted by molar-refractivity contribution is 9.10. The van der Waals surface area contributed by atoms with Gasteiger partial charge in [0.1, 0.15) is 0 Å². The van der Waals surface area contributed by atoms with Gasteiger partial charge in [0, 0.05) is 16.5 Å². The Morgan fingerprint density at radius 1 is 1.56 bits per heavy atom. The molecule has 0 unspecified atom stereocenters. The number of ether oxygens (including phenoxy) is 1. The molecule has 1 aromatic rings. The molecule has 0 spiro atoms. The third-order valence-electron chi connectivity index (χ3n) is 2.81. The maximum atomic E-state index is 13.8. The highest BCUT2D eigenvalue weighted by atomic mass is 79.9. The summed E-state index contributed by atoms with van der Waals surface area (Å²) in [6.45, 7) is 0. The number of phenols is 1. The minimum Gasteiger partial charge on any atom is -0.502 e. The van der Waals surface area contributed by atoms with E-state index in [9.17, 15) is 14.6 Å². The van der Waals surface area contributed by atoms with Gasteiger partial charge in [-0.1, -0.05) is 15.9 Å². The summed E-state index contributed by atoms with van der Waals surface area (Å²) in [5.74, 6) is -1.16. The first-order valence-corrected chi connectivity index (χ1v) is 5.72. The maximum Gasteiger partial charge on any atom is 0.194 e. The van der Waals surface area contributed by atoms with Crippen LogP contribution in [0.4, 0.5) is 4.39 Å². The van der Waals surface area contributed by atoms with Gasteiger partial charge in [-0.05, 0) is 18.9 Å². The van der Waals surface area contributed by atoms with Crippen LogP contribution < -0.4 is 4.74 Å². The lowest BCUT2D eigenvalue weighted by molar-refractivity contribution is 0.149. The van der Waals surface area contributed by atoms with Gasteiger partial charge in [0.05, 0.1) is 12.7 Å². The van der Waals surface area contributed by atoms with E-state index in [4.69, 9.17) is 4.74 Å². The molecule has 2 N–H and O–H groups in total. The Kier molecular flexibility index (Phi) is 2.84. The molecular formula is C11H12BrFO3. The van der Waals surface area contributed by atoms with Crippen LogP contribution in [0.2, 0.25) is 0 Å². The average Bonchev–Trinajstić information content (AvgIpc) is 2.97. The Morgan fingerprint density at radius 2 is 2.19 bits per heavy atom. The first-order valence-electron chi connectivity index (χ1n) is 4.93. The molecule has 0 saturated heterocycles. The van der Waals surface area contributed by atoms with Gasteiger partial charge >= 0.3 is 0 Å². The lowest BCUT2D eigenvalue weighted by Crippen LogP contribution is -2.12. The molecule has 1 aliphatic carbocycles. The van der Waals surface area contributed by atoms with Crippen molar-refractivity contribution >= 4 is 15.9 Å². The molecule has 0 atom stereocenters. The normalized spacial score (nSPS) is 17.2. The van der Waals surface area contributed by atoms with Crippen LogP contribution in [0.5, 0.6) is 11.5 Å². The van der Waals surface area contributed by atoms with E-state index in [0.29, 0.717) is 22.9 Å². The summed E-state index contributed by atoms with van der Waals surface area (Å²) in [4.78, 5) is 0. The second kappa shape index (κ2) is 3.89. The zero-order valence-electron chi connectivity index (χ0n) is 8.76. The molecule has 3 nitrogen and oxygen atoms in total. The number of aromatic hydroxyl groups is 1. The molecule has 88 valence electrons. The molecular weight excluding hydrogens is 279 g/mol. The van der Waals surface area contributed by atoms with E-state index in [2.05, 4.69) is 15.9 Å². The number of hydrogen-bond acceptors (Lipinski definition) is 3. The fourth-order valence-corrected chi connectivity index (χ4v) is 2.12. The molecule has 1 aliphatic rings. The third-order valence-corrected chi connectivity index (χ3v) is 3.51. The Balaban J connectivity index is 2.41. The van der Waals surface area contributed by atoms with E-state index < -0.39 is 17.2 Å². The van der Waals surface area contributed by atoms with E-state index in [1.165, 1.54) is 13.2 Å². The molecule has 0 aromatic heterocycles. The number of benzene rings is 1. The fraction of sp³-hybridized carbons (Fsp3) is 0.455. The molecule has 2 rings (SSSR count). The highest BCUT2D eigenvalue weighted by Gasteiger charge is 2.41. The number of rotatable bonds is 3. The number of methoxy groups -OCH3 is 1. The van der Waals surface area contributed by atoms with E-state index in [-0.39, 0.29) is 12.2 Å². The van der Waals surface area contributed by atoms with Crippen LogP contribution in [0.1, 0.15) is 18.4 Å². The summed E-state index contributed by atoms with van der Waals surface area (Å²) in [6.07, 6.45) is 1.55. The van der Waals surface area contributed by atoms with Crippen LogP contribution in [0, 0.1) is 5.82 Å². The van der Waals surface area contributed by atoms with Gasteiger partial charge in [-0.25, -0.2) is 4.39 Å². The first kappa shape index (κ1) is 11.7. The van der Waals surface area contributed by atoms with Crippen LogP contribution in [0.15, 0.2) is 10.5 Å². The quantitative estimate of drug-likeness (QED) is 0.899. The number of aliphatic hydroxyl groups is 1. The van der Waals surface area contributed by atoms with Crippen molar-refractivity contribution in [2.75, 3.05) is 7.11 Å². The van der Waals surface area contributed by atoms with Crippen molar-refractivity contribution in [3.63, 3.8) is 0 Å². The second-order valence-electron chi connectivity index (χ2n) is 4.10. The molecule has 0 amide bonds. The van der Waals surface area contributed by atoms with E-state index >= 15 is 0 Å². The van der Waals surface area contributed by atoms with Crippen LogP contribution in [0.25, 0.3) is 0 Å². The summed E-state index contributed by atoms with van der Waals surface area (Å²) in [6, 6.07) is 1.50. The Labute approximate surface area is 101 Å². The highest BCUT2D eigenvalue weighted by Crippen LogP contribution is 2.43. The van der Waals surface area contributed by atoms with Gasteiger partial charge in [-0.15, -0.1) is 0 Å². The van der Waals surface area contributed by atoms with Crippen molar-refractivity contribution in [2.45, 2.75) is 24.9 Å². The zero-order valence-corrected chi connectivity index (χ0v) is 10.3. The standard InChI is InChI=1S/C11H12BrFO3/c1-16-8-4-7(12)6(9(13)10(8)14)5-11(15)2-3-11/h4,14-15H,2-3,5H2,1H3. The molecule has 0 radical (unpaired) electrons. The number of hydrogen-bond donors (Lipinski definition) is 2. The Hall–Kier alpha value is -0.810. The largest absolute Gasteiger partial charge is 0.502 e. The Morgan fingerprint density at radius 3 is 2.69 bits per heavy atom. The van der Waals surface area contributed by atoms with Crippen molar-refractivity contribution in [3.8, 4) is 11.5 Å². The fourth-order valence-electron chi connectivity index (χ4n) is 1.59. The lowest BCUT2D eigenvalue weighted by Gasteiger charge is -2.13. The molecule has 0 heterocycles. The van der Waals surface area contributed by atoms with Crippen LogP contribution in [-0.4, -0.2) is 22.9 Å². The van der Waals surface area contributed by atoms with Crippen LogP contribution in [-0.2, 0) is 6.42 Å². The van der Waals surface area contributed by atoms with Crippen molar-refractivity contribution in [3.05, 3.63) is 21.9 Å². The maximum absolute atomic E-state index is 13.8. The summed E-state index contributed by atoms with van der Waals surface area (Å²) in [7, 11) is 1.36. The molecule has 0 bridgehead atoms. The number of phenolic OH excluding ortho intramolecular Hbond substituents is 1. The van der Waals surface area contributed by atoms with Gasteiger partial charge in [-0.3, -0.25) is 0 Å². The smallest absolute Gasteiger partial charge is 0.194 e. The van der Waals surface area contributed by atoms with Gasteiger partial charge in [0.25, 0.3) is 0 Å². The van der Waals surface area contributed by atoms with Crippen molar-refractivity contribution in [2.24, 2.45) is 0 Å². The van der Waals surface area contributed by atoms with Gasteiger partial charge in [-0.2, -0.15) is 0 Å². The molecule has 16 heavy (non-hydrogen) atoms. The predicted molar refractivity (Wildman–Crippen MR) is 60.2 cm³/mol. The van der Waals surface area contributed by atoms with Gasteiger partial charge in [0.2, 0.25) is 0 Å². The third kappa shape index (κ3) is 2.01. The minimum atomic E-state index is -0.801. The monoisotopic (exact) mass is 290 g/mol. The van der Waals surface area contributed by atoms with E-state index in [0.717, 1.165) is 0 Å². The van der Waals surface area contributed by atoms with Crippen LogP contribution >= 0.6 is 15.9 Å². The average molecular weight is 291 g/mol. The minimum absolute atomic E-state index is 0.0795. The number of halogens is 2. The summed E-state index contributed by atoms with van der Waals surface area (Å²) in [5.41, 5.74) is -0.511. The Bertz CT molecular complexity index is 430. The van der Waals surface area contributed by atoms with Crippen molar-refractivity contribution in [1.82, 2.24) is 0 Å². The predicted octanol–water partition coefficient (Wildman–Crippen LogP) is 2.37. The van der Waals surface area contributed by atoms with E-state index in [1.54, 1.807) is 0 Å². The zero-order chi connectivity index (χ0) is 11.9. The molecule has 1 saturated carbocycles. The molecule has 1 aromatic carbocycles. The SMILES string of the molecule is COc1cc(Br)c(CC2(O)CC2)c(F)c1O. The first-order chi connectivity index (χ1) is 7.47. The topological polar surface area (TPSA) is 49.7 Å². The lowest BCUT2D eigenvalue weighted by atomic mass is 10.1. The summed E-state index contributed by atoms with van der Waals surface area (Å²) >= 11 is 3.21. The molecule has 5 heteroatoms. The second-order valence-corrected chi connectivity index (χ2v) is 4.96. The van der Waals surface area contributed by atoms with Crippen molar-refractivity contribution in [1.29, 1.82) is 0 Å². The van der Waals surface area contributed by atoms with Crippen molar-refractivity contribution < 1.29 is 19.3 Å². The molecule has 0 aliphatic heterocycles. The molecule has 1 fully saturated rings.